The van der Waals surface area contributed by atoms with Crippen LogP contribution in [0.15, 0.2) is 59.0 Å². The van der Waals surface area contributed by atoms with Crippen molar-refractivity contribution < 1.29 is 4.79 Å². The number of hydrogen-bond donors (Lipinski definition) is 2. The van der Waals surface area contributed by atoms with E-state index in [1.54, 1.807) is 11.2 Å². The molecule has 2 N–H and O–H groups in total. The Balaban J connectivity index is 1.47. The van der Waals surface area contributed by atoms with Crippen molar-refractivity contribution in [2.45, 2.75) is 44.9 Å². The van der Waals surface area contributed by atoms with Crippen molar-refractivity contribution in [3.63, 3.8) is 0 Å². The largest absolute Gasteiger partial charge is 0.307 e. The van der Waals surface area contributed by atoms with Crippen LogP contribution in [-0.4, -0.2) is 33.5 Å². The number of aryl methyl sites for hydroxylation is 1. The lowest BCUT2D eigenvalue weighted by Gasteiger charge is -2.19. The molecule has 1 fully saturated rings. The van der Waals surface area contributed by atoms with Crippen molar-refractivity contribution in [2.75, 3.05) is 11.9 Å². The normalized spacial score (nSPS) is 18.8. The molecule has 3 aliphatic rings. The number of allylic oxidation sites excluding steroid dienone is 1. The van der Waals surface area contributed by atoms with Crippen LogP contribution in [0.1, 0.15) is 49.3 Å². The molecule has 1 aromatic carbocycles. The fourth-order valence-electron chi connectivity index (χ4n) is 4.31. The number of carbonyl (C=O) groups excluding carboxylic acids is 1. The summed E-state index contributed by atoms with van der Waals surface area (Å²) in [5.74, 6) is 1.64. The first-order valence-electron chi connectivity index (χ1n) is 10.6. The van der Waals surface area contributed by atoms with Gasteiger partial charge in [-0.25, -0.2) is 15.1 Å². The molecule has 0 unspecified atom stereocenters. The maximum Gasteiger partial charge on any atom is 0.257 e. The molecular formula is C23H26N6O. The fraction of sp³-hybridized carbons (Fsp3) is 0.348. The number of carbonyl (C=O) groups is 1. The van der Waals surface area contributed by atoms with Crippen molar-refractivity contribution in [1.29, 1.82) is 0 Å². The van der Waals surface area contributed by atoms with Crippen molar-refractivity contribution >= 4 is 17.9 Å². The lowest BCUT2D eigenvalue weighted by Crippen LogP contribution is -2.27. The molecule has 3 heterocycles. The number of fused-ring (bicyclic) bond motifs is 1. The molecule has 0 atom stereocenters. The highest BCUT2D eigenvalue weighted by molar-refractivity contribution is 6.04. The van der Waals surface area contributed by atoms with Crippen LogP contribution < -0.4 is 10.7 Å². The molecular weight excluding hydrogens is 376 g/mol. The molecule has 5 rings (SSSR count). The quantitative estimate of drug-likeness (QED) is 0.816. The van der Waals surface area contributed by atoms with Gasteiger partial charge in [0.25, 0.3) is 5.91 Å². The zero-order chi connectivity index (χ0) is 20.5. The average Bonchev–Trinajstić information content (AvgIpc) is 3.39. The summed E-state index contributed by atoms with van der Waals surface area (Å²) in [7, 11) is 0. The molecule has 1 aliphatic carbocycles. The fourth-order valence-corrected chi connectivity index (χ4v) is 4.31. The van der Waals surface area contributed by atoms with Gasteiger partial charge < -0.3 is 5.32 Å². The van der Waals surface area contributed by atoms with E-state index in [0.29, 0.717) is 29.7 Å². The Bertz CT molecular complexity index is 1040. The predicted molar refractivity (Wildman–Crippen MR) is 117 cm³/mol. The van der Waals surface area contributed by atoms with Gasteiger partial charge >= 0.3 is 0 Å². The minimum absolute atomic E-state index is 0.157. The summed E-state index contributed by atoms with van der Waals surface area (Å²) in [4.78, 5) is 17.5. The monoisotopic (exact) mass is 402 g/mol. The third kappa shape index (κ3) is 3.57. The Morgan fingerprint density at radius 3 is 2.77 bits per heavy atom. The van der Waals surface area contributed by atoms with Crippen molar-refractivity contribution in [2.24, 2.45) is 4.99 Å². The molecule has 30 heavy (non-hydrogen) atoms. The Kier molecular flexibility index (Phi) is 4.96. The summed E-state index contributed by atoms with van der Waals surface area (Å²) in [6, 6.07) is 10.3. The first kappa shape index (κ1) is 18.8. The van der Waals surface area contributed by atoms with Crippen molar-refractivity contribution in [1.82, 2.24) is 20.2 Å². The SMILES string of the molecule is Cc1ccc(-n2nc(C3CCCCC3)cc2NC(=O)C2=C3N=CC=CN3NC2)cc1. The van der Waals surface area contributed by atoms with E-state index in [9.17, 15) is 4.79 Å². The summed E-state index contributed by atoms with van der Waals surface area (Å²) < 4.78 is 1.86. The highest BCUT2D eigenvalue weighted by atomic mass is 16.2. The van der Waals surface area contributed by atoms with Gasteiger partial charge in [0.15, 0.2) is 5.82 Å². The number of nitrogens with one attached hydrogen (secondary N) is 2. The first-order valence-corrected chi connectivity index (χ1v) is 10.6. The van der Waals surface area contributed by atoms with Gasteiger partial charge in [0, 0.05) is 30.9 Å². The number of aromatic nitrogens is 2. The first-order chi connectivity index (χ1) is 14.7. The molecule has 1 saturated carbocycles. The van der Waals surface area contributed by atoms with Gasteiger partial charge in [-0.1, -0.05) is 37.0 Å². The van der Waals surface area contributed by atoms with Crippen LogP contribution >= 0.6 is 0 Å². The summed E-state index contributed by atoms with van der Waals surface area (Å²) in [6.45, 7) is 2.51. The van der Waals surface area contributed by atoms with E-state index in [4.69, 9.17) is 5.10 Å². The van der Waals surface area contributed by atoms with Crippen LogP contribution in [-0.2, 0) is 4.79 Å². The van der Waals surface area contributed by atoms with Crippen LogP contribution in [0.3, 0.4) is 0 Å². The second-order valence-corrected chi connectivity index (χ2v) is 8.12. The van der Waals surface area contributed by atoms with Gasteiger partial charge in [-0.3, -0.25) is 9.80 Å². The molecule has 0 saturated heterocycles. The van der Waals surface area contributed by atoms with E-state index in [2.05, 4.69) is 34.8 Å². The number of anilines is 1. The molecule has 7 nitrogen and oxygen atoms in total. The summed E-state index contributed by atoms with van der Waals surface area (Å²) in [6.07, 6.45) is 11.5. The Labute approximate surface area is 176 Å². The zero-order valence-electron chi connectivity index (χ0n) is 17.1. The van der Waals surface area contributed by atoms with Crippen LogP contribution in [0.2, 0.25) is 0 Å². The molecule has 0 spiro atoms. The lowest BCUT2D eigenvalue weighted by molar-refractivity contribution is -0.112. The van der Waals surface area contributed by atoms with Gasteiger partial charge in [0.05, 0.1) is 17.0 Å². The molecule has 2 aliphatic heterocycles. The van der Waals surface area contributed by atoms with Gasteiger partial charge in [-0.2, -0.15) is 5.10 Å². The number of rotatable bonds is 4. The van der Waals surface area contributed by atoms with Gasteiger partial charge in [-0.15, -0.1) is 0 Å². The zero-order valence-corrected chi connectivity index (χ0v) is 17.1. The summed E-state index contributed by atoms with van der Waals surface area (Å²) in [5.41, 5.74) is 6.98. The van der Waals surface area contributed by atoms with E-state index in [1.165, 1.54) is 24.8 Å². The Morgan fingerprint density at radius 1 is 1.17 bits per heavy atom. The van der Waals surface area contributed by atoms with Crippen LogP contribution in [0, 0.1) is 6.92 Å². The van der Waals surface area contributed by atoms with Crippen LogP contribution in [0.25, 0.3) is 5.69 Å². The highest BCUT2D eigenvalue weighted by Crippen LogP contribution is 2.34. The van der Waals surface area contributed by atoms with E-state index in [1.807, 2.05) is 35.2 Å². The maximum absolute atomic E-state index is 13.1. The molecule has 7 heteroatoms. The van der Waals surface area contributed by atoms with Gasteiger partial charge in [0.2, 0.25) is 0 Å². The third-order valence-electron chi connectivity index (χ3n) is 5.99. The van der Waals surface area contributed by atoms with Crippen LogP contribution in [0.4, 0.5) is 5.82 Å². The number of benzene rings is 1. The second kappa shape index (κ2) is 7.91. The topological polar surface area (TPSA) is 74.5 Å². The average molecular weight is 403 g/mol. The van der Waals surface area contributed by atoms with Gasteiger partial charge in [-0.05, 0) is 38.0 Å². The smallest absolute Gasteiger partial charge is 0.257 e. The number of amides is 1. The van der Waals surface area contributed by atoms with Crippen molar-refractivity contribution in [3.05, 3.63) is 65.3 Å². The number of aliphatic imine (C=N–C) groups is 1. The second-order valence-electron chi connectivity index (χ2n) is 8.12. The minimum Gasteiger partial charge on any atom is -0.307 e. The third-order valence-corrected chi connectivity index (χ3v) is 5.99. The molecule has 0 radical (unpaired) electrons. The standard InChI is InChI=1S/C23H26N6O/c1-16-8-10-18(11-9-16)29-21(14-20(27-29)17-6-3-2-4-7-17)26-23(30)19-15-25-28-13-5-12-24-22(19)28/h5,8-14,17,25H,2-4,6-7,15H2,1H3,(H,26,30). The van der Waals surface area contributed by atoms with E-state index in [-0.39, 0.29) is 5.91 Å². The predicted octanol–water partition coefficient (Wildman–Crippen LogP) is 3.80. The number of nitrogens with zero attached hydrogens (tertiary/aromatic N) is 4. The lowest BCUT2D eigenvalue weighted by atomic mass is 9.87. The van der Waals surface area contributed by atoms with Crippen LogP contribution in [0.5, 0.6) is 0 Å². The Morgan fingerprint density at radius 2 is 1.97 bits per heavy atom. The highest BCUT2D eigenvalue weighted by Gasteiger charge is 2.28. The molecule has 0 bridgehead atoms. The van der Waals surface area contributed by atoms with E-state index in [0.717, 1.165) is 24.2 Å². The molecule has 2 aromatic rings. The molecule has 1 amide bonds. The number of hydrazine groups is 1. The molecule has 154 valence electrons. The minimum atomic E-state index is -0.157. The van der Waals surface area contributed by atoms with Gasteiger partial charge in [0.1, 0.15) is 5.82 Å². The van der Waals surface area contributed by atoms with E-state index < -0.39 is 0 Å². The summed E-state index contributed by atoms with van der Waals surface area (Å²) in [5, 5.41) is 9.79. The maximum atomic E-state index is 13.1. The molecule has 1 aromatic heterocycles. The summed E-state index contributed by atoms with van der Waals surface area (Å²) >= 11 is 0. The number of hydrogen-bond acceptors (Lipinski definition) is 5. The van der Waals surface area contributed by atoms with Crippen molar-refractivity contribution in [3.8, 4) is 5.69 Å². The van der Waals surface area contributed by atoms with E-state index >= 15 is 0 Å². The Hall–Kier alpha value is -3.19.